The van der Waals surface area contributed by atoms with Crippen molar-refractivity contribution in [1.82, 2.24) is 0 Å². The van der Waals surface area contributed by atoms with Crippen LogP contribution in [0.2, 0.25) is 0 Å². The summed E-state index contributed by atoms with van der Waals surface area (Å²) in [6.07, 6.45) is -1.10. The third-order valence-corrected chi connectivity index (χ3v) is 3.38. The van der Waals surface area contributed by atoms with Gasteiger partial charge in [-0.2, -0.15) is 0 Å². The summed E-state index contributed by atoms with van der Waals surface area (Å²) in [6.45, 7) is 1.92. The van der Waals surface area contributed by atoms with Crippen LogP contribution in [0.15, 0.2) is 48.5 Å². The molecule has 2 aromatic carbocycles. The van der Waals surface area contributed by atoms with E-state index in [2.05, 4.69) is 0 Å². The first-order valence-corrected chi connectivity index (χ1v) is 7.18. The summed E-state index contributed by atoms with van der Waals surface area (Å²) in [5.41, 5.74) is 7.60. The van der Waals surface area contributed by atoms with Crippen molar-refractivity contribution in [3.05, 3.63) is 65.2 Å². The molecule has 1 unspecified atom stereocenters. The minimum atomic E-state index is -1.10. The van der Waals surface area contributed by atoms with Crippen molar-refractivity contribution in [2.45, 2.75) is 19.4 Å². The largest absolute Gasteiger partial charge is 0.496 e. The first-order chi connectivity index (χ1) is 11.0. The molecule has 0 bridgehead atoms. The average molecular weight is 313 g/mol. The minimum Gasteiger partial charge on any atom is -0.496 e. The van der Waals surface area contributed by atoms with Crippen molar-refractivity contribution in [3.63, 3.8) is 0 Å². The number of ether oxygens (including phenoxy) is 2. The number of nitrogens with two attached hydrogens (primary N) is 1. The monoisotopic (exact) mass is 313 g/mol. The summed E-state index contributed by atoms with van der Waals surface area (Å²) in [4.78, 5) is 23.8. The van der Waals surface area contributed by atoms with E-state index in [9.17, 15) is 9.59 Å². The highest BCUT2D eigenvalue weighted by molar-refractivity contribution is 5.84. The molecule has 0 spiro atoms. The van der Waals surface area contributed by atoms with Crippen molar-refractivity contribution >= 4 is 11.9 Å². The molecule has 2 rings (SSSR count). The first kappa shape index (κ1) is 16.5. The number of amides is 1. The van der Waals surface area contributed by atoms with E-state index in [0.29, 0.717) is 16.9 Å². The highest BCUT2D eigenvalue weighted by atomic mass is 16.5. The SMILES string of the molecule is COc1ccc(C)cc1CC(=O)OC(C(N)=O)c1ccccc1. The molecule has 0 heterocycles. The number of hydrogen-bond acceptors (Lipinski definition) is 4. The molecule has 0 fully saturated rings. The molecule has 5 nitrogen and oxygen atoms in total. The Kier molecular flexibility index (Phi) is 5.36. The van der Waals surface area contributed by atoms with Crippen molar-refractivity contribution in [3.8, 4) is 5.75 Å². The molecule has 2 N–H and O–H groups in total. The second-order valence-corrected chi connectivity index (χ2v) is 5.18. The van der Waals surface area contributed by atoms with Gasteiger partial charge in [0.05, 0.1) is 13.5 Å². The van der Waals surface area contributed by atoms with Crippen LogP contribution >= 0.6 is 0 Å². The maximum absolute atomic E-state index is 12.2. The van der Waals surface area contributed by atoms with Crippen molar-refractivity contribution in [1.29, 1.82) is 0 Å². The third kappa shape index (κ3) is 4.32. The standard InChI is InChI=1S/C18H19NO4/c1-12-8-9-15(22-2)14(10-12)11-16(20)23-17(18(19)21)13-6-4-3-5-7-13/h3-10,17H,11H2,1-2H3,(H2,19,21). The number of methoxy groups -OCH3 is 1. The number of aryl methyl sites for hydroxylation is 1. The Morgan fingerprint density at radius 2 is 1.83 bits per heavy atom. The predicted octanol–water partition coefficient (Wildman–Crippen LogP) is 2.32. The van der Waals surface area contributed by atoms with Crippen LogP contribution in [-0.4, -0.2) is 19.0 Å². The summed E-state index contributed by atoms with van der Waals surface area (Å²) in [7, 11) is 1.54. The van der Waals surface area contributed by atoms with Gasteiger partial charge in [-0.3, -0.25) is 9.59 Å². The molecule has 120 valence electrons. The molecule has 0 saturated carbocycles. The Labute approximate surface area is 135 Å². The molecule has 0 aliphatic carbocycles. The van der Waals surface area contributed by atoms with E-state index in [1.54, 1.807) is 36.4 Å². The first-order valence-electron chi connectivity index (χ1n) is 7.18. The summed E-state index contributed by atoms with van der Waals surface area (Å²) in [5.74, 6) is -0.648. The molecule has 0 saturated heterocycles. The second-order valence-electron chi connectivity index (χ2n) is 5.18. The van der Waals surface area contributed by atoms with Gasteiger partial charge in [-0.1, -0.05) is 48.0 Å². The zero-order valence-corrected chi connectivity index (χ0v) is 13.1. The lowest BCUT2D eigenvalue weighted by molar-refractivity contribution is -0.154. The molecule has 23 heavy (non-hydrogen) atoms. The van der Waals surface area contributed by atoms with Crippen molar-refractivity contribution < 1.29 is 19.1 Å². The maximum atomic E-state index is 12.2. The summed E-state index contributed by atoms with van der Waals surface area (Å²) in [6, 6.07) is 14.2. The highest BCUT2D eigenvalue weighted by Gasteiger charge is 2.23. The van der Waals surface area contributed by atoms with Crippen LogP contribution in [0.1, 0.15) is 22.8 Å². The van der Waals surface area contributed by atoms with Gasteiger partial charge in [0, 0.05) is 11.1 Å². The number of benzene rings is 2. The van der Waals surface area contributed by atoms with Gasteiger partial charge >= 0.3 is 5.97 Å². The summed E-state index contributed by atoms with van der Waals surface area (Å²) < 4.78 is 10.5. The topological polar surface area (TPSA) is 78.6 Å². The number of primary amides is 1. The van der Waals surface area contributed by atoms with Gasteiger partial charge in [0.1, 0.15) is 5.75 Å². The Bertz CT molecular complexity index is 697. The molecular formula is C18H19NO4. The van der Waals surface area contributed by atoms with E-state index < -0.39 is 18.0 Å². The fourth-order valence-electron chi connectivity index (χ4n) is 2.29. The van der Waals surface area contributed by atoms with E-state index in [0.717, 1.165) is 5.56 Å². The number of rotatable bonds is 6. The van der Waals surface area contributed by atoms with Crippen molar-refractivity contribution in [2.24, 2.45) is 5.73 Å². The third-order valence-electron chi connectivity index (χ3n) is 3.38. The fraction of sp³-hybridized carbons (Fsp3) is 0.222. The van der Waals surface area contributed by atoms with Crippen LogP contribution in [0.3, 0.4) is 0 Å². The minimum absolute atomic E-state index is 0.00146. The van der Waals surface area contributed by atoms with Gasteiger partial charge in [-0.05, 0) is 13.0 Å². The highest BCUT2D eigenvalue weighted by Crippen LogP contribution is 2.22. The quantitative estimate of drug-likeness (QED) is 0.830. The van der Waals surface area contributed by atoms with Crippen molar-refractivity contribution in [2.75, 3.05) is 7.11 Å². The molecule has 0 aliphatic rings. The Hall–Kier alpha value is -2.82. The lowest BCUT2D eigenvalue weighted by atomic mass is 10.1. The van der Waals surface area contributed by atoms with E-state index in [1.807, 2.05) is 19.1 Å². The number of esters is 1. The van der Waals surface area contributed by atoms with Crippen LogP contribution in [0.4, 0.5) is 0 Å². The van der Waals surface area contributed by atoms with E-state index in [1.165, 1.54) is 7.11 Å². The van der Waals surface area contributed by atoms with Gasteiger partial charge in [0.2, 0.25) is 6.10 Å². The maximum Gasteiger partial charge on any atom is 0.311 e. The molecule has 0 radical (unpaired) electrons. The zero-order valence-electron chi connectivity index (χ0n) is 13.1. The number of hydrogen-bond donors (Lipinski definition) is 1. The second kappa shape index (κ2) is 7.45. The Balaban J connectivity index is 2.14. The zero-order chi connectivity index (χ0) is 16.8. The molecule has 2 aromatic rings. The molecule has 0 aliphatic heterocycles. The van der Waals surface area contributed by atoms with Crippen LogP contribution in [0.5, 0.6) is 5.75 Å². The molecule has 1 amide bonds. The van der Waals surface area contributed by atoms with Crippen LogP contribution in [-0.2, 0) is 20.7 Å². The molecular weight excluding hydrogens is 294 g/mol. The van der Waals surface area contributed by atoms with Crippen LogP contribution in [0, 0.1) is 6.92 Å². The molecule has 5 heteroatoms. The Morgan fingerprint density at radius 1 is 1.13 bits per heavy atom. The van der Waals surface area contributed by atoms with Gasteiger partial charge in [0.25, 0.3) is 5.91 Å². The lowest BCUT2D eigenvalue weighted by Crippen LogP contribution is -2.26. The Morgan fingerprint density at radius 3 is 2.43 bits per heavy atom. The summed E-state index contributed by atoms with van der Waals surface area (Å²) >= 11 is 0. The normalized spacial score (nSPS) is 11.6. The molecule has 0 aromatic heterocycles. The van der Waals surface area contributed by atoms with E-state index in [4.69, 9.17) is 15.2 Å². The predicted molar refractivity (Wildman–Crippen MR) is 85.9 cm³/mol. The lowest BCUT2D eigenvalue weighted by Gasteiger charge is -2.16. The smallest absolute Gasteiger partial charge is 0.311 e. The van der Waals surface area contributed by atoms with Gasteiger partial charge in [-0.15, -0.1) is 0 Å². The molecule has 1 atom stereocenters. The van der Waals surface area contributed by atoms with E-state index in [-0.39, 0.29) is 6.42 Å². The number of carbonyl (C=O) groups is 2. The number of carbonyl (C=O) groups excluding carboxylic acids is 2. The fourth-order valence-corrected chi connectivity index (χ4v) is 2.29. The summed E-state index contributed by atoms with van der Waals surface area (Å²) in [5, 5.41) is 0. The van der Waals surface area contributed by atoms with Gasteiger partial charge < -0.3 is 15.2 Å². The van der Waals surface area contributed by atoms with Crippen LogP contribution in [0.25, 0.3) is 0 Å². The average Bonchev–Trinajstić information content (AvgIpc) is 2.53. The van der Waals surface area contributed by atoms with Gasteiger partial charge in [-0.25, -0.2) is 0 Å². The van der Waals surface area contributed by atoms with Crippen LogP contribution < -0.4 is 10.5 Å². The van der Waals surface area contributed by atoms with E-state index >= 15 is 0 Å². The van der Waals surface area contributed by atoms with Gasteiger partial charge in [0.15, 0.2) is 0 Å².